The standard InChI is InChI=1S/C84H71N/c1-81(2,3)53-80(82(4,5)6)67-27-15-12-24-62(67)57-38-45-72-69-29-17-20-32-75(69)84(78(72)50-57)76-33-21-18-30-70(76)73-46-39-58(51-79(73)84)64-49-48-63(65-25-13-14-26-66(64)65)56-36-42-60(43-37-56)85(59-40-34-55(35-41-59)54-22-10-9-11-23-54)61-44-47-71-68-28-16-19-31-74(68)83(7,8)77(71)52-61/h9-52,80H,53H2,1-8H3. The molecular weight excluding hydrogens is 1020 g/mol. The van der Waals surface area contributed by atoms with Crippen LogP contribution in [-0.2, 0) is 10.8 Å². The van der Waals surface area contributed by atoms with Crippen molar-refractivity contribution in [3.05, 3.63) is 306 Å². The van der Waals surface area contributed by atoms with E-state index >= 15 is 0 Å². The maximum Gasteiger partial charge on any atom is 0.0725 e. The van der Waals surface area contributed by atoms with Gasteiger partial charge in [0.2, 0.25) is 0 Å². The smallest absolute Gasteiger partial charge is 0.0725 e. The van der Waals surface area contributed by atoms with Gasteiger partial charge in [-0.3, -0.25) is 0 Å². The van der Waals surface area contributed by atoms with Crippen molar-refractivity contribution in [3.63, 3.8) is 0 Å². The predicted molar refractivity (Wildman–Crippen MR) is 361 cm³/mol. The van der Waals surface area contributed by atoms with Gasteiger partial charge in [0.05, 0.1) is 5.41 Å². The van der Waals surface area contributed by atoms with E-state index in [9.17, 15) is 0 Å². The molecule has 0 radical (unpaired) electrons. The molecule has 85 heavy (non-hydrogen) atoms. The van der Waals surface area contributed by atoms with Crippen LogP contribution in [0.3, 0.4) is 0 Å². The molecule has 15 rings (SSSR count). The molecule has 2 unspecified atom stereocenters. The molecular formula is C84H71N. The molecule has 0 bridgehead atoms. The largest absolute Gasteiger partial charge is 0.310 e. The van der Waals surface area contributed by atoms with Crippen LogP contribution >= 0.6 is 0 Å². The predicted octanol–water partition coefficient (Wildman–Crippen LogP) is 23.2. The first-order valence-electron chi connectivity index (χ1n) is 30.6. The van der Waals surface area contributed by atoms with Crippen molar-refractivity contribution in [2.75, 3.05) is 4.90 Å². The van der Waals surface area contributed by atoms with Gasteiger partial charge in [-0.05, 0) is 199 Å². The van der Waals surface area contributed by atoms with Crippen LogP contribution < -0.4 is 4.90 Å². The molecule has 0 saturated carbocycles. The minimum Gasteiger partial charge on any atom is -0.310 e. The van der Waals surface area contributed by atoms with E-state index in [1.54, 1.807) is 0 Å². The molecule has 0 saturated heterocycles. The van der Waals surface area contributed by atoms with Crippen molar-refractivity contribution >= 4 is 27.8 Å². The Kier molecular flexibility index (Phi) is 12.1. The Morgan fingerprint density at radius 2 is 0.694 bits per heavy atom. The second kappa shape index (κ2) is 19.6. The zero-order valence-corrected chi connectivity index (χ0v) is 50.1. The summed E-state index contributed by atoms with van der Waals surface area (Å²) in [4.78, 5) is 2.43. The van der Waals surface area contributed by atoms with Gasteiger partial charge in [0, 0.05) is 22.5 Å². The summed E-state index contributed by atoms with van der Waals surface area (Å²) in [5, 5.41) is 2.48. The first-order valence-corrected chi connectivity index (χ1v) is 30.6. The highest BCUT2D eigenvalue weighted by atomic mass is 15.1. The number of anilines is 3. The lowest BCUT2D eigenvalue weighted by Crippen LogP contribution is -2.26. The average Bonchev–Trinajstić information content (AvgIpc) is 1.55. The molecule has 12 aromatic carbocycles. The van der Waals surface area contributed by atoms with Gasteiger partial charge in [-0.25, -0.2) is 0 Å². The third-order valence-electron chi connectivity index (χ3n) is 19.3. The van der Waals surface area contributed by atoms with Gasteiger partial charge in [-0.15, -0.1) is 0 Å². The molecule has 1 nitrogen and oxygen atoms in total. The van der Waals surface area contributed by atoms with E-state index in [1.807, 2.05) is 0 Å². The Morgan fingerprint density at radius 3 is 1.26 bits per heavy atom. The molecule has 412 valence electrons. The van der Waals surface area contributed by atoms with Gasteiger partial charge in [0.25, 0.3) is 0 Å². The molecule has 0 heterocycles. The van der Waals surface area contributed by atoms with Gasteiger partial charge < -0.3 is 4.90 Å². The Morgan fingerprint density at radius 1 is 0.306 bits per heavy atom. The van der Waals surface area contributed by atoms with Gasteiger partial charge in [0.15, 0.2) is 0 Å². The average molecular weight is 1090 g/mol. The summed E-state index contributed by atoms with van der Waals surface area (Å²) < 4.78 is 0. The van der Waals surface area contributed by atoms with Crippen LogP contribution in [-0.4, -0.2) is 0 Å². The van der Waals surface area contributed by atoms with Crippen LogP contribution in [0.15, 0.2) is 267 Å². The molecule has 2 atom stereocenters. The number of rotatable bonds is 9. The molecule has 12 aromatic rings. The molecule has 3 aliphatic carbocycles. The highest BCUT2D eigenvalue weighted by molar-refractivity contribution is 6.06. The summed E-state index contributed by atoms with van der Waals surface area (Å²) in [6.45, 7) is 19.2. The minimum absolute atomic E-state index is 0.0824. The van der Waals surface area contributed by atoms with Crippen molar-refractivity contribution in [2.45, 2.75) is 78.6 Å². The summed E-state index contributed by atoms with van der Waals surface area (Å²) in [6, 6.07) is 101. The Bertz CT molecular complexity index is 4590. The second-order valence-corrected chi connectivity index (χ2v) is 27.0. The van der Waals surface area contributed by atoms with Crippen LogP contribution in [0, 0.1) is 10.8 Å². The summed E-state index contributed by atoms with van der Waals surface area (Å²) in [5.74, 6) is 0.381. The van der Waals surface area contributed by atoms with E-state index in [0.717, 1.165) is 23.5 Å². The fourth-order valence-corrected chi connectivity index (χ4v) is 15.3. The maximum absolute atomic E-state index is 2.57. The molecule has 3 aliphatic rings. The quantitative estimate of drug-likeness (QED) is 0.139. The Labute approximate surface area is 503 Å². The Balaban J connectivity index is 0.836. The second-order valence-electron chi connectivity index (χ2n) is 27.0. The lowest BCUT2D eigenvalue weighted by atomic mass is 9.67. The fraction of sp³-hybridized carbons (Fsp3) is 0.167. The van der Waals surface area contributed by atoms with Crippen molar-refractivity contribution < 1.29 is 0 Å². The molecule has 0 N–H and O–H groups in total. The zero-order valence-electron chi connectivity index (χ0n) is 50.1. The van der Waals surface area contributed by atoms with Crippen molar-refractivity contribution in [3.8, 4) is 77.9 Å². The third-order valence-corrected chi connectivity index (χ3v) is 19.3. The fourth-order valence-electron chi connectivity index (χ4n) is 15.3. The Hall–Kier alpha value is -9.30. The number of nitrogens with zero attached hydrogens (tertiary/aromatic N) is 1. The number of benzene rings is 12. The van der Waals surface area contributed by atoms with E-state index in [4.69, 9.17) is 0 Å². The van der Waals surface area contributed by atoms with Crippen LogP contribution in [0.25, 0.3) is 88.7 Å². The van der Waals surface area contributed by atoms with E-state index in [-0.39, 0.29) is 16.2 Å². The molecule has 0 aliphatic heterocycles. The lowest BCUT2D eigenvalue weighted by Gasteiger charge is -2.37. The normalized spacial score (nSPS) is 15.4. The zero-order chi connectivity index (χ0) is 58.0. The highest BCUT2D eigenvalue weighted by Gasteiger charge is 2.52. The van der Waals surface area contributed by atoms with E-state index in [1.165, 1.54) is 128 Å². The van der Waals surface area contributed by atoms with Crippen molar-refractivity contribution in [2.24, 2.45) is 10.8 Å². The third kappa shape index (κ3) is 8.41. The minimum atomic E-state index is -0.510. The van der Waals surface area contributed by atoms with E-state index < -0.39 is 5.41 Å². The molecule has 0 fully saturated rings. The van der Waals surface area contributed by atoms with Crippen molar-refractivity contribution in [1.82, 2.24) is 0 Å². The summed E-state index contributed by atoms with van der Waals surface area (Å²) >= 11 is 0. The van der Waals surface area contributed by atoms with Crippen molar-refractivity contribution in [1.29, 1.82) is 0 Å². The van der Waals surface area contributed by atoms with Gasteiger partial charge >= 0.3 is 0 Å². The first kappa shape index (κ1) is 52.5. The van der Waals surface area contributed by atoms with Crippen LogP contribution in [0.5, 0.6) is 0 Å². The van der Waals surface area contributed by atoms with E-state index in [2.05, 4.69) is 327 Å². The molecule has 0 amide bonds. The number of fused-ring (bicyclic) bond motifs is 14. The van der Waals surface area contributed by atoms with Crippen LogP contribution in [0.2, 0.25) is 0 Å². The van der Waals surface area contributed by atoms with Gasteiger partial charge in [-0.2, -0.15) is 0 Å². The van der Waals surface area contributed by atoms with Gasteiger partial charge in [-0.1, -0.05) is 274 Å². The summed E-state index contributed by atoms with van der Waals surface area (Å²) in [7, 11) is 0. The first-order chi connectivity index (χ1) is 41.2. The topological polar surface area (TPSA) is 3.24 Å². The maximum atomic E-state index is 2.57. The monoisotopic (exact) mass is 1090 g/mol. The number of hydrogen-bond acceptors (Lipinski definition) is 1. The molecule has 0 aromatic heterocycles. The number of hydrogen-bond donors (Lipinski definition) is 0. The van der Waals surface area contributed by atoms with Gasteiger partial charge in [0.1, 0.15) is 0 Å². The van der Waals surface area contributed by atoms with Crippen LogP contribution in [0.1, 0.15) is 107 Å². The lowest BCUT2D eigenvalue weighted by molar-refractivity contribution is 0.229. The highest BCUT2D eigenvalue weighted by Crippen LogP contribution is 2.64. The van der Waals surface area contributed by atoms with E-state index in [0.29, 0.717) is 5.92 Å². The van der Waals surface area contributed by atoms with Crippen LogP contribution in [0.4, 0.5) is 17.1 Å². The summed E-state index contributed by atoms with van der Waals surface area (Å²) in [6.07, 6.45) is 1.11. The molecule has 1 heteroatoms. The SMILES string of the molecule is CC(C)(C)CC(c1ccccc1-c1ccc2c(c1)C1(c3ccccc3-2)c2ccccc2-c2ccc(-c3ccc(-c4ccc(N(c5ccc(-c6ccccc6)cc5)c5ccc6c(c5)C(C)(C)c5ccccc5-6)cc4)c4ccccc34)cc21)C(C)(C)C. The summed E-state index contributed by atoms with van der Waals surface area (Å²) in [5.41, 5.74) is 30.4. The molecule has 1 spiro atoms.